The maximum Gasteiger partial charge on any atom is 0.266 e. The minimum atomic E-state index is -0.128. The molecule has 0 radical (unpaired) electrons. The van der Waals surface area contributed by atoms with Gasteiger partial charge in [-0.3, -0.25) is 9.59 Å². The van der Waals surface area contributed by atoms with E-state index in [9.17, 15) is 9.59 Å². The molecular weight excluding hydrogens is 286 g/mol. The highest BCUT2D eigenvalue weighted by atomic mass is 32.2. The first-order valence-electron chi connectivity index (χ1n) is 6.65. The van der Waals surface area contributed by atoms with Crippen molar-refractivity contribution in [1.29, 1.82) is 0 Å². The third kappa shape index (κ3) is 4.19. The lowest BCUT2D eigenvalue weighted by atomic mass is 10.2. The van der Waals surface area contributed by atoms with Crippen LogP contribution in [-0.2, 0) is 6.54 Å². The Morgan fingerprint density at radius 2 is 2.10 bits per heavy atom. The number of carbonyl (C=O) groups is 1. The van der Waals surface area contributed by atoms with E-state index in [2.05, 4.69) is 10.4 Å². The Morgan fingerprint density at radius 3 is 2.86 bits per heavy atom. The second-order valence-electron chi connectivity index (χ2n) is 4.39. The molecule has 0 saturated heterocycles. The average molecular weight is 303 g/mol. The van der Waals surface area contributed by atoms with Gasteiger partial charge in [0.2, 0.25) is 0 Å². The molecule has 0 atom stereocenters. The van der Waals surface area contributed by atoms with Gasteiger partial charge in [0.15, 0.2) is 0 Å². The quantitative estimate of drug-likeness (QED) is 0.653. The van der Waals surface area contributed by atoms with E-state index in [-0.39, 0.29) is 11.5 Å². The van der Waals surface area contributed by atoms with Crippen LogP contribution >= 0.6 is 11.8 Å². The van der Waals surface area contributed by atoms with E-state index in [0.717, 1.165) is 4.90 Å². The summed E-state index contributed by atoms with van der Waals surface area (Å²) in [6.45, 7) is 0.995. The monoisotopic (exact) mass is 303 g/mol. The standard InChI is InChI=1S/C15H17N3O2S/c1-21-13-7-3-2-6-12(13)15(20)16-9-5-11-18-14(19)8-4-10-17-18/h2-4,6-8,10H,5,9,11H2,1H3,(H,16,20). The number of amides is 1. The largest absolute Gasteiger partial charge is 0.352 e. The number of benzene rings is 1. The lowest BCUT2D eigenvalue weighted by Crippen LogP contribution is -2.28. The zero-order chi connectivity index (χ0) is 15.1. The molecule has 1 aromatic heterocycles. The van der Waals surface area contributed by atoms with Crippen molar-refractivity contribution in [2.45, 2.75) is 17.9 Å². The van der Waals surface area contributed by atoms with Gasteiger partial charge in [-0.15, -0.1) is 11.8 Å². The van der Waals surface area contributed by atoms with Crippen molar-refractivity contribution in [2.24, 2.45) is 0 Å². The normalized spacial score (nSPS) is 10.3. The lowest BCUT2D eigenvalue weighted by molar-refractivity contribution is 0.0949. The molecule has 1 aromatic carbocycles. The molecular formula is C15H17N3O2S. The molecule has 1 amide bonds. The van der Waals surface area contributed by atoms with Crippen LogP contribution < -0.4 is 10.9 Å². The second kappa shape index (κ2) is 7.64. The molecule has 1 heterocycles. The summed E-state index contributed by atoms with van der Waals surface area (Å²) in [5, 5.41) is 6.84. The number of rotatable bonds is 6. The minimum Gasteiger partial charge on any atom is -0.352 e. The molecule has 2 rings (SSSR count). The fourth-order valence-electron chi connectivity index (χ4n) is 1.91. The Bertz CT molecular complexity index is 670. The van der Waals surface area contributed by atoms with Gasteiger partial charge >= 0.3 is 0 Å². The number of carbonyl (C=O) groups excluding carboxylic acids is 1. The molecule has 0 aliphatic heterocycles. The summed E-state index contributed by atoms with van der Waals surface area (Å²) in [4.78, 5) is 24.5. The van der Waals surface area contributed by atoms with Gasteiger partial charge < -0.3 is 5.32 Å². The van der Waals surface area contributed by atoms with Gasteiger partial charge in [0.05, 0.1) is 5.56 Å². The maximum atomic E-state index is 12.1. The van der Waals surface area contributed by atoms with Crippen molar-refractivity contribution in [2.75, 3.05) is 12.8 Å². The lowest BCUT2D eigenvalue weighted by Gasteiger charge is -2.08. The Hall–Kier alpha value is -2.08. The van der Waals surface area contributed by atoms with Gasteiger partial charge in [-0.1, -0.05) is 12.1 Å². The average Bonchev–Trinajstić information content (AvgIpc) is 2.52. The molecule has 110 valence electrons. The van der Waals surface area contributed by atoms with Gasteiger partial charge in [-0.05, 0) is 30.9 Å². The summed E-state index contributed by atoms with van der Waals surface area (Å²) < 4.78 is 1.39. The van der Waals surface area contributed by atoms with Crippen LogP contribution in [0.25, 0.3) is 0 Å². The predicted octanol–water partition coefficient (Wildman–Crippen LogP) is 1.79. The van der Waals surface area contributed by atoms with E-state index in [1.165, 1.54) is 10.7 Å². The first-order valence-corrected chi connectivity index (χ1v) is 7.88. The van der Waals surface area contributed by atoms with Crippen LogP contribution in [0.2, 0.25) is 0 Å². The van der Waals surface area contributed by atoms with Gasteiger partial charge in [-0.2, -0.15) is 5.10 Å². The SMILES string of the molecule is CSc1ccccc1C(=O)NCCCn1ncccc1=O. The molecule has 0 aliphatic carbocycles. The summed E-state index contributed by atoms with van der Waals surface area (Å²) in [6, 6.07) is 10.6. The minimum absolute atomic E-state index is 0.0895. The predicted molar refractivity (Wildman–Crippen MR) is 83.7 cm³/mol. The number of aryl methyl sites for hydroxylation is 1. The van der Waals surface area contributed by atoms with Crippen LogP contribution in [0.4, 0.5) is 0 Å². The number of thioether (sulfide) groups is 1. The molecule has 0 bridgehead atoms. The molecule has 0 unspecified atom stereocenters. The van der Waals surface area contributed by atoms with Crippen LogP contribution in [0.1, 0.15) is 16.8 Å². The molecule has 21 heavy (non-hydrogen) atoms. The van der Waals surface area contributed by atoms with E-state index >= 15 is 0 Å². The van der Waals surface area contributed by atoms with Crippen molar-refractivity contribution in [3.05, 3.63) is 58.5 Å². The highest BCUT2D eigenvalue weighted by molar-refractivity contribution is 7.98. The summed E-state index contributed by atoms with van der Waals surface area (Å²) in [5.41, 5.74) is 0.552. The molecule has 6 heteroatoms. The molecule has 0 aliphatic rings. The molecule has 0 spiro atoms. The Kier molecular flexibility index (Phi) is 5.57. The molecule has 0 fully saturated rings. The molecule has 2 aromatic rings. The molecule has 1 N–H and O–H groups in total. The summed E-state index contributed by atoms with van der Waals surface area (Å²) in [5.74, 6) is -0.0895. The van der Waals surface area contributed by atoms with Crippen LogP contribution in [0.15, 0.2) is 52.3 Å². The van der Waals surface area contributed by atoms with Crippen LogP contribution in [0.3, 0.4) is 0 Å². The number of hydrogen-bond acceptors (Lipinski definition) is 4. The molecule has 0 saturated carbocycles. The van der Waals surface area contributed by atoms with Crippen LogP contribution in [-0.4, -0.2) is 28.5 Å². The summed E-state index contributed by atoms with van der Waals surface area (Å²) >= 11 is 1.55. The van der Waals surface area contributed by atoms with Gasteiger partial charge in [0.25, 0.3) is 11.5 Å². The van der Waals surface area contributed by atoms with Crippen LogP contribution in [0.5, 0.6) is 0 Å². The van der Waals surface area contributed by atoms with Gasteiger partial charge in [-0.25, -0.2) is 4.68 Å². The Morgan fingerprint density at radius 1 is 1.29 bits per heavy atom. The highest BCUT2D eigenvalue weighted by Gasteiger charge is 2.09. The third-order valence-electron chi connectivity index (χ3n) is 2.97. The zero-order valence-electron chi connectivity index (χ0n) is 11.8. The van der Waals surface area contributed by atoms with Crippen molar-refractivity contribution < 1.29 is 4.79 Å². The van der Waals surface area contributed by atoms with Crippen molar-refractivity contribution in [1.82, 2.24) is 15.1 Å². The molecule has 5 nitrogen and oxygen atoms in total. The first-order chi connectivity index (χ1) is 10.2. The van der Waals surface area contributed by atoms with E-state index in [4.69, 9.17) is 0 Å². The third-order valence-corrected chi connectivity index (χ3v) is 3.76. The highest BCUT2D eigenvalue weighted by Crippen LogP contribution is 2.19. The smallest absolute Gasteiger partial charge is 0.266 e. The topological polar surface area (TPSA) is 64.0 Å². The Labute approximate surface area is 127 Å². The van der Waals surface area contributed by atoms with Gasteiger partial charge in [0, 0.05) is 30.2 Å². The zero-order valence-corrected chi connectivity index (χ0v) is 12.6. The number of aromatic nitrogens is 2. The number of nitrogens with zero attached hydrogens (tertiary/aromatic N) is 2. The van der Waals surface area contributed by atoms with Gasteiger partial charge in [0.1, 0.15) is 0 Å². The van der Waals surface area contributed by atoms with E-state index in [1.807, 2.05) is 30.5 Å². The first kappa shape index (κ1) is 15.3. The van der Waals surface area contributed by atoms with E-state index < -0.39 is 0 Å². The maximum absolute atomic E-state index is 12.1. The van der Waals surface area contributed by atoms with Crippen molar-refractivity contribution >= 4 is 17.7 Å². The summed E-state index contributed by atoms with van der Waals surface area (Å²) in [7, 11) is 0. The van der Waals surface area contributed by atoms with E-state index in [0.29, 0.717) is 25.1 Å². The Balaban J connectivity index is 1.85. The summed E-state index contributed by atoms with van der Waals surface area (Å²) in [6.07, 6.45) is 4.18. The van der Waals surface area contributed by atoms with Crippen LogP contribution in [0, 0.1) is 0 Å². The number of nitrogens with one attached hydrogen (secondary N) is 1. The van der Waals surface area contributed by atoms with Crippen molar-refractivity contribution in [3.8, 4) is 0 Å². The number of hydrogen-bond donors (Lipinski definition) is 1. The fraction of sp³-hybridized carbons (Fsp3) is 0.267. The van der Waals surface area contributed by atoms with E-state index in [1.54, 1.807) is 24.0 Å². The van der Waals surface area contributed by atoms with Crippen molar-refractivity contribution in [3.63, 3.8) is 0 Å². The fourth-order valence-corrected chi connectivity index (χ4v) is 2.51. The second-order valence-corrected chi connectivity index (χ2v) is 5.24.